The molecule has 0 amide bonds. The Kier molecular flexibility index (Phi) is 6.36. The first-order valence-corrected chi connectivity index (χ1v) is 6.63. The molecule has 4 nitrogen and oxygen atoms in total. The molecule has 0 saturated carbocycles. The smallest absolute Gasteiger partial charge is 0.328 e. The summed E-state index contributed by atoms with van der Waals surface area (Å²) in [5.41, 5.74) is 3.24. The van der Waals surface area contributed by atoms with Gasteiger partial charge in [0.05, 0.1) is 6.61 Å². The molecule has 0 aliphatic carbocycles. The van der Waals surface area contributed by atoms with Crippen LogP contribution in [0.2, 0.25) is 0 Å². The van der Waals surface area contributed by atoms with E-state index in [0.717, 1.165) is 16.8 Å². The van der Waals surface area contributed by atoms with Crippen LogP contribution in [0.1, 0.15) is 25.0 Å². The van der Waals surface area contributed by atoms with Crippen molar-refractivity contribution in [1.29, 1.82) is 0 Å². The lowest BCUT2D eigenvalue weighted by Gasteiger charge is -2.18. The van der Waals surface area contributed by atoms with Crippen LogP contribution in [0.5, 0.6) is 0 Å². The first kappa shape index (κ1) is 15.5. The second-order valence-electron chi connectivity index (χ2n) is 4.50. The first-order chi connectivity index (χ1) is 9.06. The van der Waals surface area contributed by atoms with Gasteiger partial charge in [-0.25, -0.2) is 4.79 Å². The third-order valence-electron chi connectivity index (χ3n) is 2.87. The summed E-state index contributed by atoms with van der Waals surface area (Å²) in [5.74, 6) is -0.262. The fourth-order valence-corrected chi connectivity index (χ4v) is 1.79. The molecule has 0 fully saturated rings. The standard InChI is InChI=1S/C15H23NO3/c1-5-18-9-10-19-15(17)13(4)16-14-11(2)7-6-8-12(14)3/h6-8,13,16H,5,9-10H2,1-4H3/t13-/m0/s1. The third kappa shape index (κ3) is 4.91. The monoisotopic (exact) mass is 265 g/mol. The molecule has 0 saturated heterocycles. The highest BCUT2D eigenvalue weighted by Crippen LogP contribution is 2.20. The Balaban J connectivity index is 2.50. The molecular formula is C15H23NO3. The van der Waals surface area contributed by atoms with Crippen molar-refractivity contribution in [2.24, 2.45) is 0 Å². The van der Waals surface area contributed by atoms with Gasteiger partial charge in [-0.05, 0) is 38.8 Å². The molecule has 1 N–H and O–H groups in total. The van der Waals surface area contributed by atoms with Gasteiger partial charge in [-0.2, -0.15) is 0 Å². The molecule has 1 aromatic rings. The summed E-state index contributed by atoms with van der Waals surface area (Å²) in [7, 11) is 0. The molecule has 1 rings (SSSR count). The Bertz CT molecular complexity index is 398. The maximum absolute atomic E-state index is 11.8. The summed E-state index contributed by atoms with van der Waals surface area (Å²) < 4.78 is 10.3. The second kappa shape index (κ2) is 7.79. The third-order valence-corrected chi connectivity index (χ3v) is 2.87. The van der Waals surface area contributed by atoms with Gasteiger partial charge in [0.1, 0.15) is 12.6 Å². The van der Waals surface area contributed by atoms with Crippen LogP contribution in [0.25, 0.3) is 0 Å². The van der Waals surface area contributed by atoms with E-state index in [1.54, 1.807) is 6.92 Å². The van der Waals surface area contributed by atoms with Crippen LogP contribution < -0.4 is 5.32 Å². The molecular weight excluding hydrogens is 242 g/mol. The summed E-state index contributed by atoms with van der Waals surface area (Å²) in [5, 5.41) is 3.20. The lowest BCUT2D eigenvalue weighted by molar-refractivity contribution is -0.145. The minimum Gasteiger partial charge on any atom is -0.462 e. The highest BCUT2D eigenvalue weighted by molar-refractivity contribution is 5.79. The second-order valence-corrected chi connectivity index (χ2v) is 4.50. The SMILES string of the molecule is CCOCCOC(=O)[C@H](C)Nc1c(C)cccc1C. The summed E-state index contributed by atoms with van der Waals surface area (Å²) in [6.07, 6.45) is 0. The van der Waals surface area contributed by atoms with Gasteiger partial charge < -0.3 is 14.8 Å². The van der Waals surface area contributed by atoms with Crippen LogP contribution in [-0.2, 0) is 14.3 Å². The van der Waals surface area contributed by atoms with Crippen molar-refractivity contribution in [2.75, 3.05) is 25.1 Å². The Hall–Kier alpha value is -1.55. The number of rotatable bonds is 7. The quantitative estimate of drug-likeness (QED) is 0.608. The van der Waals surface area contributed by atoms with Gasteiger partial charge in [0.15, 0.2) is 0 Å². The van der Waals surface area contributed by atoms with Gasteiger partial charge in [0, 0.05) is 12.3 Å². The average Bonchev–Trinajstić information content (AvgIpc) is 2.38. The van der Waals surface area contributed by atoms with E-state index in [0.29, 0.717) is 19.8 Å². The van der Waals surface area contributed by atoms with Crippen LogP contribution in [0.15, 0.2) is 18.2 Å². The zero-order valence-electron chi connectivity index (χ0n) is 12.2. The van der Waals surface area contributed by atoms with Gasteiger partial charge in [-0.1, -0.05) is 18.2 Å². The maximum atomic E-state index is 11.8. The van der Waals surface area contributed by atoms with Gasteiger partial charge in [-0.3, -0.25) is 0 Å². The summed E-state index contributed by atoms with van der Waals surface area (Å²) in [6.45, 7) is 9.12. The fourth-order valence-electron chi connectivity index (χ4n) is 1.79. The van der Waals surface area contributed by atoms with E-state index in [4.69, 9.17) is 9.47 Å². The number of carbonyl (C=O) groups excluding carboxylic acids is 1. The van der Waals surface area contributed by atoms with Crippen LogP contribution >= 0.6 is 0 Å². The van der Waals surface area contributed by atoms with Crippen LogP contribution in [-0.4, -0.2) is 31.8 Å². The van der Waals surface area contributed by atoms with Crippen molar-refractivity contribution in [2.45, 2.75) is 33.7 Å². The van der Waals surface area contributed by atoms with Crippen molar-refractivity contribution in [1.82, 2.24) is 0 Å². The predicted molar refractivity (Wildman–Crippen MR) is 76.5 cm³/mol. The molecule has 1 aromatic carbocycles. The topological polar surface area (TPSA) is 47.6 Å². The van der Waals surface area contributed by atoms with Crippen molar-refractivity contribution in [3.8, 4) is 0 Å². The van der Waals surface area contributed by atoms with E-state index in [1.165, 1.54) is 0 Å². The normalized spacial score (nSPS) is 12.0. The molecule has 0 bridgehead atoms. The van der Waals surface area contributed by atoms with Crippen molar-refractivity contribution in [3.63, 3.8) is 0 Å². The predicted octanol–water partition coefficient (Wildman–Crippen LogP) is 2.68. The molecule has 19 heavy (non-hydrogen) atoms. The number of ether oxygens (including phenoxy) is 2. The largest absolute Gasteiger partial charge is 0.462 e. The number of esters is 1. The minimum atomic E-state index is -0.374. The molecule has 0 radical (unpaired) electrons. The highest BCUT2D eigenvalue weighted by Gasteiger charge is 2.15. The van der Waals surface area contributed by atoms with Gasteiger partial charge in [0.2, 0.25) is 0 Å². The number of benzene rings is 1. The van der Waals surface area contributed by atoms with Crippen LogP contribution in [0, 0.1) is 13.8 Å². The van der Waals surface area contributed by atoms with Gasteiger partial charge in [0.25, 0.3) is 0 Å². The summed E-state index contributed by atoms with van der Waals surface area (Å²) >= 11 is 0. The van der Waals surface area contributed by atoms with Gasteiger partial charge >= 0.3 is 5.97 Å². The molecule has 0 aliphatic rings. The molecule has 1 atom stereocenters. The molecule has 106 valence electrons. The number of para-hydroxylation sites is 1. The minimum absolute atomic E-state index is 0.262. The summed E-state index contributed by atoms with van der Waals surface area (Å²) in [6, 6.07) is 5.66. The number of aryl methyl sites for hydroxylation is 2. The Morgan fingerprint density at radius 1 is 1.26 bits per heavy atom. The van der Waals surface area contributed by atoms with E-state index in [9.17, 15) is 4.79 Å². The van der Waals surface area contributed by atoms with Crippen LogP contribution in [0.4, 0.5) is 5.69 Å². The number of anilines is 1. The van der Waals surface area contributed by atoms with E-state index < -0.39 is 0 Å². The Morgan fingerprint density at radius 2 is 1.89 bits per heavy atom. The molecule has 0 aliphatic heterocycles. The Morgan fingerprint density at radius 3 is 2.47 bits per heavy atom. The van der Waals surface area contributed by atoms with Crippen molar-refractivity contribution in [3.05, 3.63) is 29.3 Å². The molecule has 0 spiro atoms. The fraction of sp³-hybridized carbons (Fsp3) is 0.533. The number of nitrogens with one attached hydrogen (secondary N) is 1. The number of carbonyl (C=O) groups is 1. The van der Waals surface area contributed by atoms with Gasteiger partial charge in [-0.15, -0.1) is 0 Å². The maximum Gasteiger partial charge on any atom is 0.328 e. The van der Waals surface area contributed by atoms with E-state index >= 15 is 0 Å². The van der Waals surface area contributed by atoms with Crippen molar-refractivity contribution < 1.29 is 14.3 Å². The van der Waals surface area contributed by atoms with Crippen LogP contribution in [0.3, 0.4) is 0 Å². The zero-order valence-corrected chi connectivity index (χ0v) is 12.2. The average molecular weight is 265 g/mol. The molecule has 0 aromatic heterocycles. The van der Waals surface area contributed by atoms with E-state index in [2.05, 4.69) is 5.32 Å². The number of hydrogen-bond acceptors (Lipinski definition) is 4. The molecule has 4 heteroatoms. The molecule has 0 unspecified atom stereocenters. The molecule has 0 heterocycles. The van der Waals surface area contributed by atoms with E-state index in [-0.39, 0.29) is 12.0 Å². The Labute approximate surface area is 115 Å². The zero-order chi connectivity index (χ0) is 14.3. The lowest BCUT2D eigenvalue weighted by atomic mass is 10.1. The van der Waals surface area contributed by atoms with E-state index in [1.807, 2.05) is 39.0 Å². The lowest BCUT2D eigenvalue weighted by Crippen LogP contribution is -2.29. The highest BCUT2D eigenvalue weighted by atomic mass is 16.6. The summed E-state index contributed by atoms with van der Waals surface area (Å²) in [4.78, 5) is 11.8. The first-order valence-electron chi connectivity index (χ1n) is 6.63. The number of hydrogen-bond donors (Lipinski definition) is 1. The van der Waals surface area contributed by atoms with Crippen molar-refractivity contribution >= 4 is 11.7 Å².